The van der Waals surface area contributed by atoms with E-state index in [2.05, 4.69) is 15.3 Å². The van der Waals surface area contributed by atoms with Crippen LogP contribution in [0, 0.1) is 0 Å². The second kappa shape index (κ2) is 14.8. The van der Waals surface area contributed by atoms with Crippen molar-refractivity contribution in [1.82, 2.24) is 33.9 Å². The Kier molecular flexibility index (Phi) is 10.4. The topological polar surface area (TPSA) is 158 Å². The molecule has 50 heavy (non-hydrogen) atoms. The molecule has 6 rings (SSSR count). The highest BCUT2D eigenvalue weighted by Gasteiger charge is 2.31. The van der Waals surface area contributed by atoms with Crippen molar-refractivity contribution in [3.05, 3.63) is 69.0 Å². The zero-order chi connectivity index (χ0) is 35.6. The SMILES string of the molecule is CCCc1nn(C)c2c(=O)n(CCOc3ccc(C=C4SC(=O)NC4=O)cc3)c(-c3ccc(S(=O)(=O)N4CCN(C)CC4)c(OCC)c3)nc12. The summed E-state index contributed by atoms with van der Waals surface area (Å²) < 4.78 is 44.0. The number of sulfonamides is 1. The van der Waals surface area contributed by atoms with Gasteiger partial charge in [-0.2, -0.15) is 9.40 Å². The fourth-order valence-corrected chi connectivity index (χ4v) is 8.15. The van der Waals surface area contributed by atoms with Crippen LogP contribution in [0.15, 0.2) is 57.1 Å². The van der Waals surface area contributed by atoms with Crippen LogP contribution in [-0.2, 0) is 34.8 Å². The maximum Gasteiger partial charge on any atom is 0.290 e. The van der Waals surface area contributed by atoms with Gasteiger partial charge in [-0.15, -0.1) is 0 Å². The van der Waals surface area contributed by atoms with E-state index in [0.717, 1.165) is 23.7 Å². The lowest BCUT2D eigenvalue weighted by molar-refractivity contribution is -0.115. The summed E-state index contributed by atoms with van der Waals surface area (Å²) in [5, 5.41) is 6.42. The summed E-state index contributed by atoms with van der Waals surface area (Å²) in [4.78, 5) is 44.9. The van der Waals surface area contributed by atoms with Crippen LogP contribution in [0.3, 0.4) is 0 Å². The van der Waals surface area contributed by atoms with E-state index >= 15 is 0 Å². The normalized spacial score (nSPS) is 16.8. The van der Waals surface area contributed by atoms with Gasteiger partial charge in [0, 0.05) is 38.8 Å². The number of amides is 2. The number of ether oxygens (including phenoxy) is 2. The van der Waals surface area contributed by atoms with E-state index in [-0.39, 0.29) is 36.0 Å². The van der Waals surface area contributed by atoms with Crippen molar-refractivity contribution >= 4 is 50.0 Å². The summed E-state index contributed by atoms with van der Waals surface area (Å²) >= 11 is 0.847. The number of hydrogen-bond acceptors (Lipinski definition) is 11. The van der Waals surface area contributed by atoms with Crippen LogP contribution in [0.4, 0.5) is 4.79 Å². The number of thioether (sulfide) groups is 1. The predicted molar refractivity (Wildman–Crippen MR) is 191 cm³/mol. The summed E-state index contributed by atoms with van der Waals surface area (Å²) in [6.45, 7) is 6.32. The lowest BCUT2D eigenvalue weighted by Gasteiger charge is -2.32. The third-order valence-electron chi connectivity index (χ3n) is 8.49. The molecule has 14 nitrogen and oxygen atoms in total. The number of carbonyl (C=O) groups is 2. The standard InChI is InChI=1S/C34H39N7O7S2/c1-5-7-25-29-30(39(4)37-25)33(43)41(18-19-48-24-11-8-22(9-12-24)20-27-32(42)36-34(44)49-27)31(35-29)23-10-13-28(26(21-23)47-6-2)50(45,46)40-16-14-38(3)15-17-40/h8-13,20-21H,5-7,14-19H2,1-4H3,(H,36,42,44). The minimum absolute atomic E-state index is 0.0665. The van der Waals surface area contributed by atoms with Crippen LogP contribution in [0.2, 0.25) is 0 Å². The Morgan fingerprint density at radius 2 is 1.72 bits per heavy atom. The van der Waals surface area contributed by atoms with Crippen molar-refractivity contribution in [3.63, 3.8) is 0 Å². The molecule has 0 atom stereocenters. The molecule has 0 unspecified atom stereocenters. The van der Waals surface area contributed by atoms with E-state index < -0.39 is 21.2 Å². The Bertz CT molecular complexity index is 2140. The smallest absolute Gasteiger partial charge is 0.290 e. The molecule has 264 valence electrons. The first-order valence-electron chi connectivity index (χ1n) is 16.4. The third kappa shape index (κ3) is 7.19. The van der Waals surface area contributed by atoms with E-state index in [0.29, 0.717) is 71.4 Å². The molecule has 4 aromatic rings. The van der Waals surface area contributed by atoms with E-state index in [4.69, 9.17) is 14.5 Å². The van der Waals surface area contributed by atoms with Crippen molar-refractivity contribution < 1.29 is 27.5 Å². The Hall–Kier alpha value is -4.51. The molecule has 2 aliphatic rings. The Morgan fingerprint density at radius 3 is 2.38 bits per heavy atom. The van der Waals surface area contributed by atoms with Gasteiger partial charge < -0.3 is 14.4 Å². The van der Waals surface area contributed by atoms with Crippen LogP contribution in [-0.4, -0.2) is 94.5 Å². The number of imide groups is 1. The number of nitrogens with zero attached hydrogens (tertiary/aromatic N) is 6. The molecule has 2 fully saturated rings. The van der Waals surface area contributed by atoms with Crippen LogP contribution < -0.4 is 20.3 Å². The zero-order valence-corrected chi connectivity index (χ0v) is 30.0. The van der Waals surface area contributed by atoms with Crippen molar-refractivity contribution in [2.45, 2.75) is 38.1 Å². The zero-order valence-electron chi connectivity index (χ0n) is 28.3. The molecule has 16 heteroatoms. The molecule has 1 N–H and O–H groups in total. The van der Waals surface area contributed by atoms with Crippen molar-refractivity contribution in [2.75, 3.05) is 46.4 Å². The van der Waals surface area contributed by atoms with Gasteiger partial charge >= 0.3 is 0 Å². The van der Waals surface area contributed by atoms with Crippen molar-refractivity contribution in [2.24, 2.45) is 7.05 Å². The number of hydrogen-bond donors (Lipinski definition) is 1. The fraction of sp³-hybridized carbons (Fsp3) is 0.382. The third-order valence-corrected chi connectivity index (χ3v) is 11.2. The molecule has 2 aliphatic heterocycles. The van der Waals surface area contributed by atoms with Crippen LogP contribution >= 0.6 is 11.8 Å². The minimum Gasteiger partial charge on any atom is -0.492 e. The number of aromatic nitrogens is 4. The molecule has 4 heterocycles. The monoisotopic (exact) mass is 721 g/mol. The lowest BCUT2D eigenvalue weighted by atomic mass is 10.1. The van der Waals surface area contributed by atoms with E-state index in [9.17, 15) is 22.8 Å². The highest BCUT2D eigenvalue weighted by molar-refractivity contribution is 8.18. The van der Waals surface area contributed by atoms with Crippen LogP contribution in [0.5, 0.6) is 11.5 Å². The Labute approximate surface area is 294 Å². The molecular formula is C34H39N7O7S2. The molecule has 2 aromatic heterocycles. The van der Waals surface area contributed by atoms with Gasteiger partial charge in [-0.25, -0.2) is 13.4 Å². The van der Waals surface area contributed by atoms with Crippen LogP contribution in [0.1, 0.15) is 31.5 Å². The van der Waals surface area contributed by atoms with E-state index in [1.54, 1.807) is 61.1 Å². The van der Waals surface area contributed by atoms with Crippen LogP contribution in [0.25, 0.3) is 28.5 Å². The number of benzene rings is 2. The highest BCUT2D eigenvalue weighted by Crippen LogP contribution is 2.33. The summed E-state index contributed by atoms with van der Waals surface area (Å²) in [7, 11) is -0.159. The maximum absolute atomic E-state index is 14.1. The molecule has 2 aromatic carbocycles. The van der Waals surface area contributed by atoms with Gasteiger partial charge in [0.05, 0.1) is 23.8 Å². The van der Waals surface area contributed by atoms with Crippen molar-refractivity contribution in [3.8, 4) is 22.9 Å². The first-order valence-corrected chi connectivity index (χ1v) is 18.7. The summed E-state index contributed by atoms with van der Waals surface area (Å²) in [5.41, 5.74) is 2.50. The van der Waals surface area contributed by atoms with Gasteiger partial charge in [0.25, 0.3) is 16.7 Å². The second-order valence-electron chi connectivity index (χ2n) is 12.0. The molecule has 0 saturated carbocycles. The molecular weight excluding hydrogens is 683 g/mol. The number of piperazine rings is 1. The summed E-state index contributed by atoms with van der Waals surface area (Å²) in [6.07, 6.45) is 3.07. The molecule has 0 aliphatic carbocycles. The molecule has 0 spiro atoms. The van der Waals surface area contributed by atoms with Gasteiger partial charge in [-0.1, -0.05) is 25.5 Å². The largest absolute Gasteiger partial charge is 0.492 e. The molecule has 2 saturated heterocycles. The predicted octanol–water partition coefficient (Wildman–Crippen LogP) is 3.49. The maximum atomic E-state index is 14.1. The fourth-order valence-electron chi connectivity index (χ4n) is 5.93. The average Bonchev–Trinajstić information content (AvgIpc) is 3.58. The number of aryl methyl sites for hydroxylation is 2. The number of carbonyl (C=O) groups excluding carboxylic acids is 2. The van der Waals surface area contributed by atoms with Gasteiger partial charge in [0.1, 0.15) is 34.3 Å². The van der Waals surface area contributed by atoms with Gasteiger partial charge in [0.15, 0.2) is 5.52 Å². The van der Waals surface area contributed by atoms with Gasteiger partial charge in [0.2, 0.25) is 10.0 Å². The number of rotatable bonds is 12. The summed E-state index contributed by atoms with van der Waals surface area (Å²) in [6, 6.07) is 11.8. The second-order valence-corrected chi connectivity index (χ2v) is 14.9. The molecule has 2 amide bonds. The first kappa shape index (κ1) is 35.3. The first-order chi connectivity index (χ1) is 24.0. The molecule has 0 radical (unpaired) electrons. The number of likely N-dealkylation sites (N-methyl/N-ethyl adjacent to an activating group) is 1. The number of fused-ring (bicyclic) bond motifs is 1. The highest BCUT2D eigenvalue weighted by atomic mass is 32.2. The van der Waals surface area contributed by atoms with Gasteiger partial charge in [-0.05, 0) is 74.1 Å². The Balaban J connectivity index is 1.33. The van der Waals surface area contributed by atoms with Crippen molar-refractivity contribution in [1.29, 1.82) is 0 Å². The number of nitrogens with one attached hydrogen (secondary N) is 1. The van der Waals surface area contributed by atoms with E-state index in [1.165, 1.54) is 14.9 Å². The quantitative estimate of drug-likeness (QED) is 0.214. The molecule has 0 bridgehead atoms. The average molecular weight is 722 g/mol. The Morgan fingerprint density at radius 1 is 0.980 bits per heavy atom. The summed E-state index contributed by atoms with van der Waals surface area (Å²) in [5.74, 6) is 0.638. The van der Waals surface area contributed by atoms with Gasteiger partial charge in [-0.3, -0.25) is 28.9 Å². The van der Waals surface area contributed by atoms with E-state index in [1.807, 2.05) is 14.0 Å². The minimum atomic E-state index is -3.84. The lowest BCUT2D eigenvalue weighted by Crippen LogP contribution is -2.47.